The molecule has 0 saturated carbocycles. The molecule has 0 aromatic carbocycles. The minimum absolute atomic E-state index is 0.328. The Hall–Kier alpha value is -0.370. The van der Waals surface area contributed by atoms with E-state index in [1.54, 1.807) is 0 Å². The van der Waals surface area contributed by atoms with Gasteiger partial charge in [0.2, 0.25) is 0 Å². The molecule has 1 heterocycles. The van der Waals surface area contributed by atoms with Gasteiger partial charge in [-0.25, -0.2) is 0 Å². The average molecular weight is 169 g/mol. The minimum atomic E-state index is 0.328. The van der Waals surface area contributed by atoms with Crippen LogP contribution in [0.4, 0.5) is 0 Å². The molecule has 0 aromatic rings. The molecule has 0 amide bonds. The molecular weight excluding hydrogens is 150 g/mol. The summed E-state index contributed by atoms with van der Waals surface area (Å²) in [6.45, 7) is 6.71. The molecule has 1 aliphatic rings. The molecule has 0 radical (unpaired) electrons. The van der Waals surface area contributed by atoms with Crippen LogP contribution in [-0.2, 0) is 4.79 Å². The van der Waals surface area contributed by atoms with Gasteiger partial charge >= 0.3 is 0 Å². The fourth-order valence-corrected chi connectivity index (χ4v) is 1.80. The Bertz CT molecular complexity index is 145. The van der Waals surface area contributed by atoms with E-state index < -0.39 is 0 Å². The van der Waals surface area contributed by atoms with E-state index in [1.807, 2.05) is 0 Å². The third kappa shape index (κ3) is 2.59. The topological polar surface area (TPSA) is 20.3 Å². The molecule has 12 heavy (non-hydrogen) atoms. The van der Waals surface area contributed by atoms with Crippen LogP contribution < -0.4 is 0 Å². The Labute approximate surface area is 74.9 Å². The maximum atomic E-state index is 10.6. The summed E-state index contributed by atoms with van der Waals surface area (Å²) in [5.41, 5.74) is 0. The monoisotopic (exact) mass is 169 g/mol. The Balaban J connectivity index is 2.38. The van der Waals surface area contributed by atoms with E-state index in [9.17, 15) is 4.79 Å². The first-order valence-electron chi connectivity index (χ1n) is 4.93. The maximum Gasteiger partial charge on any atom is 0.123 e. The summed E-state index contributed by atoms with van der Waals surface area (Å²) in [6, 6.07) is 0.635. The molecule has 0 spiro atoms. The summed E-state index contributed by atoms with van der Waals surface area (Å²) in [4.78, 5) is 13.0. The van der Waals surface area contributed by atoms with Crippen LogP contribution in [0.5, 0.6) is 0 Å². The van der Waals surface area contributed by atoms with Crippen molar-refractivity contribution in [3.05, 3.63) is 0 Å². The molecule has 0 aliphatic carbocycles. The van der Waals surface area contributed by atoms with Crippen LogP contribution in [0.15, 0.2) is 0 Å². The second kappa shape index (κ2) is 4.61. The zero-order chi connectivity index (χ0) is 8.97. The molecule has 1 atom stereocenters. The van der Waals surface area contributed by atoms with Gasteiger partial charge in [0.05, 0.1) is 0 Å². The SMILES string of the molecule is CC(C)N1CCC[C@@H](C=O)CC1. The molecule has 1 saturated heterocycles. The fraction of sp³-hybridized carbons (Fsp3) is 0.900. The molecule has 0 aromatic heterocycles. The van der Waals surface area contributed by atoms with E-state index >= 15 is 0 Å². The van der Waals surface area contributed by atoms with Crippen molar-refractivity contribution in [1.82, 2.24) is 4.90 Å². The largest absolute Gasteiger partial charge is 0.303 e. The van der Waals surface area contributed by atoms with Crippen molar-refractivity contribution in [3.8, 4) is 0 Å². The molecule has 0 bridgehead atoms. The molecule has 0 N–H and O–H groups in total. The number of carbonyl (C=O) groups excluding carboxylic acids is 1. The summed E-state index contributed by atoms with van der Waals surface area (Å²) >= 11 is 0. The van der Waals surface area contributed by atoms with Crippen LogP contribution in [-0.4, -0.2) is 30.3 Å². The molecule has 70 valence electrons. The van der Waals surface area contributed by atoms with Gasteiger partial charge in [-0.05, 0) is 46.2 Å². The van der Waals surface area contributed by atoms with Gasteiger partial charge in [-0.2, -0.15) is 0 Å². The average Bonchev–Trinajstić information content (AvgIpc) is 2.28. The normalized spacial score (nSPS) is 27.1. The molecule has 1 aliphatic heterocycles. The summed E-state index contributed by atoms with van der Waals surface area (Å²) in [5, 5.41) is 0. The highest BCUT2D eigenvalue weighted by Gasteiger charge is 2.17. The zero-order valence-corrected chi connectivity index (χ0v) is 8.12. The Kier molecular flexibility index (Phi) is 3.73. The van der Waals surface area contributed by atoms with Gasteiger partial charge in [-0.3, -0.25) is 0 Å². The van der Waals surface area contributed by atoms with Crippen LogP contribution in [0.3, 0.4) is 0 Å². The van der Waals surface area contributed by atoms with Crippen LogP contribution in [0.2, 0.25) is 0 Å². The van der Waals surface area contributed by atoms with Gasteiger partial charge in [0, 0.05) is 12.0 Å². The second-order valence-corrected chi connectivity index (χ2v) is 3.96. The van der Waals surface area contributed by atoms with Gasteiger partial charge in [-0.1, -0.05) is 0 Å². The molecule has 0 unspecified atom stereocenters. The standard InChI is InChI=1S/C10H19NO/c1-9(2)11-6-3-4-10(8-12)5-7-11/h8-10H,3-7H2,1-2H3/t10-/m1/s1. The van der Waals surface area contributed by atoms with E-state index in [0.29, 0.717) is 12.0 Å². The molecule has 2 nitrogen and oxygen atoms in total. The third-order valence-electron chi connectivity index (χ3n) is 2.73. The van der Waals surface area contributed by atoms with Crippen molar-refractivity contribution >= 4 is 6.29 Å². The number of carbonyl (C=O) groups is 1. The van der Waals surface area contributed by atoms with E-state index in [1.165, 1.54) is 13.0 Å². The lowest BCUT2D eigenvalue weighted by molar-refractivity contribution is -0.111. The number of likely N-dealkylation sites (tertiary alicyclic amines) is 1. The fourth-order valence-electron chi connectivity index (χ4n) is 1.80. The first-order valence-corrected chi connectivity index (χ1v) is 4.93. The van der Waals surface area contributed by atoms with Crippen molar-refractivity contribution in [2.24, 2.45) is 5.92 Å². The highest BCUT2D eigenvalue weighted by molar-refractivity contribution is 5.53. The summed E-state index contributed by atoms with van der Waals surface area (Å²) in [7, 11) is 0. The predicted molar refractivity (Wildman–Crippen MR) is 50.1 cm³/mol. The molecule has 2 heteroatoms. The van der Waals surface area contributed by atoms with Crippen LogP contribution in [0.25, 0.3) is 0 Å². The quantitative estimate of drug-likeness (QED) is 0.586. The molecule has 1 fully saturated rings. The third-order valence-corrected chi connectivity index (χ3v) is 2.73. The summed E-state index contributed by atoms with van der Waals surface area (Å²) in [5.74, 6) is 0.328. The Morgan fingerprint density at radius 1 is 1.33 bits per heavy atom. The van der Waals surface area contributed by atoms with Crippen LogP contribution in [0.1, 0.15) is 33.1 Å². The van der Waals surface area contributed by atoms with E-state index in [4.69, 9.17) is 0 Å². The first-order chi connectivity index (χ1) is 5.74. The lowest BCUT2D eigenvalue weighted by Crippen LogP contribution is -2.31. The number of hydrogen-bond donors (Lipinski definition) is 0. The Morgan fingerprint density at radius 3 is 2.67 bits per heavy atom. The number of aldehydes is 1. The van der Waals surface area contributed by atoms with Crippen molar-refractivity contribution in [2.45, 2.75) is 39.2 Å². The predicted octanol–water partition coefficient (Wildman–Crippen LogP) is 1.70. The molecule has 1 rings (SSSR count). The lowest BCUT2D eigenvalue weighted by Gasteiger charge is -2.23. The van der Waals surface area contributed by atoms with Crippen molar-refractivity contribution < 1.29 is 4.79 Å². The number of nitrogens with zero attached hydrogens (tertiary/aromatic N) is 1. The maximum absolute atomic E-state index is 10.6. The van der Waals surface area contributed by atoms with Gasteiger partial charge in [-0.15, -0.1) is 0 Å². The second-order valence-electron chi connectivity index (χ2n) is 3.96. The summed E-state index contributed by atoms with van der Waals surface area (Å²) < 4.78 is 0. The summed E-state index contributed by atoms with van der Waals surface area (Å²) in [6.07, 6.45) is 4.46. The van der Waals surface area contributed by atoms with E-state index in [-0.39, 0.29) is 0 Å². The smallest absolute Gasteiger partial charge is 0.123 e. The van der Waals surface area contributed by atoms with E-state index in [0.717, 1.165) is 25.7 Å². The van der Waals surface area contributed by atoms with Crippen molar-refractivity contribution in [3.63, 3.8) is 0 Å². The van der Waals surface area contributed by atoms with E-state index in [2.05, 4.69) is 18.7 Å². The van der Waals surface area contributed by atoms with Gasteiger partial charge < -0.3 is 9.69 Å². The molecular formula is C10H19NO. The van der Waals surface area contributed by atoms with Gasteiger partial charge in [0.1, 0.15) is 6.29 Å². The number of rotatable bonds is 2. The highest BCUT2D eigenvalue weighted by Crippen LogP contribution is 2.16. The van der Waals surface area contributed by atoms with Crippen molar-refractivity contribution in [2.75, 3.05) is 13.1 Å². The number of hydrogen-bond acceptors (Lipinski definition) is 2. The Morgan fingerprint density at radius 2 is 2.08 bits per heavy atom. The van der Waals surface area contributed by atoms with Gasteiger partial charge in [0.15, 0.2) is 0 Å². The minimum Gasteiger partial charge on any atom is -0.303 e. The van der Waals surface area contributed by atoms with Crippen molar-refractivity contribution in [1.29, 1.82) is 0 Å². The lowest BCUT2D eigenvalue weighted by atomic mass is 10.0. The van der Waals surface area contributed by atoms with Crippen LogP contribution >= 0.6 is 0 Å². The first kappa shape index (κ1) is 9.72. The van der Waals surface area contributed by atoms with Gasteiger partial charge in [0.25, 0.3) is 0 Å². The highest BCUT2D eigenvalue weighted by atomic mass is 16.1. The zero-order valence-electron chi connectivity index (χ0n) is 8.12. The van der Waals surface area contributed by atoms with Crippen LogP contribution in [0, 0.1) is 5.92 Å².